The van der Waals surface area contributed by atoms with E-state index >= 15 is 0 Å². The minimum atomic E-state index is 0.0347. The number of nitrogens with zero attached hydrogens (tertiary/aromatic N) is 1. The summed E-state index contributed by atoms with van der Waals surface area (Å²) in [6, 6.07) is 0. The quantitative estimate of drug-likeness (QED) is 0.647. The predicted octanol–water partition coefficient (Wildman–Crippen LogP) is -0.120. The Balaban J connectivity index is 2.13. The fraction of sp³-hybridized carbons (Fsp3) is 0.909. The molecule has 1 rings (SSSR count). The van der Waals surface area contributed by atoms with E-state index in [1.807, 2.05) is 0 Å². The van der Waals surface area contributed by atoms with E-state index in [1.54, 1.807) is 12.0 Å². The predicted molar refractivity (Wildman–Crippen MR) is 59.1 cm³/mol. The average Bonchev–Trinajstić information content (AvgIpc) is 2.34. The lowest BCUT2D eigenvalue weighted by Crippen LogP contribution is -2.41. The smallest absolute Gasteiger partial charge is 0.248 e. The number of carbonyl (C=O) groups excluding carboxylic acids is 1. The Labute approximate surface area is 96.3 Å². The second-order valence-electron chi connectivity index (χ2n) is 4.05. The molecular weight excluding hydrogens is 210 g/mol. The van der Waals surface area contributed by atoms with Gasteiger partial charge in [-0.2, -0.15) is 0 Å². The molecule has 16 heavy (non-hydrogen) atoms. The largest absolute Gasteiger partial charge is 0.396 e. The van der Waals surface area contributed by atoms with Gasteiger partial charge in [0.05, 0.1) is 13.2 Å². The molecule has 0 unspecified atom stereocenters. The molecule has 5 nitrogen and oxygen atoms in total. The normalized spacial score (nSPS) is 17.8. The maximum Gasteiger partial charge on any atom is 0.248 e. The van der Waals surface area contributed by atoms with Crippen molar-refractivity contribution in [3.05, 3.63) is 0 Å². The molecule has 0 bridgehead atoms. The van der Waals surface area contributed by atoms with E-state index in [1.165, 1.54) is 0 Å². The van der Waals surface area contributed by atoms with Crippen molar-refractivity contribution in [2.75, 3.05) is 46.6 Å². The molecule has 0 radical (unpaired) electrons. The number of hydrogen-bond donors (Lipinski definition) is 1. The van der Waals surface area contributed by atoms with E-state index in [0.29, 0.717) is 19.1 Å². The fourth-order valence-electron chi connectivity index (χ4n) is 1.76. The standard InChI is InChI=1S/C11H21NO4/c1-15-6-7-16-9-11(14)12-4-2-10(8-13)3-5-12/h10,13H,2-9H2,1H3. The lowest BCUT2D eigenvalue weighted by molar-refractivity contribution is -0.138. The van der Waals surface area contributed by atoms with Crippen LogP contribution in [0.1, 0.15) is 12.8 Å². The van der Waals surface area contributed by atoms with E-state index in [2.05, 4.69) is 0 Å². The van der Waals surface area contributed by atoms with Gasteiger partial charge in [0.25, 0.3) is 0 Å². The van der Waals surface area contributed by atoms with Gasteiger partial charge >= 0.3 is 0 Å². The highest BCUT2D eigenvalue weighted by molar-refractivity contribution is 5.77. The Bertz CT molecular complexity index is 202. The minimum Gasteiger partial charge on any atom is -0.396 e. The van der Waals surface area contributed by atoms with Crippen LogP contribution >= 0.6 is 0 Å². The van der Waals surface area contributed by atoms with Gasteiger partial charge in [-0.3, -0.25) is 4.79 Å². The van der Waals surface area contributed by atoms with Gasteiger partial charge in [-0.1, -0.05) is 0 Å². The summed E-state index contributed by atoms with van der Waals surface area (Å²) in [6.45, 7) is 2.80. The van der Waals surface area contributed by atoms with E-state index in [4.69, 9.17) is 14.6 Å². The third-order valence-electron chi connectivity index (χ3n) is 2.88. The molecule has 5 heteroatoms. The molecule has 94 valence electrons. The number of ether oxygens (including phenoxy) is 2. The van der Waals surface area contributed by atoms with Crippen molar-refractivity contribution in [2.24, 2.45) is 5.92 Å². The van der Waals surface area contributed by atoms with Gasteiger partial charge in [-0.25, -0.2) is 0 Å². The highest BCUT2D eigenvalue weighted by Gasteiger charge is 2.21. The second-order valence-corrected chi connectivity index (χ2v) is 4.05. The Morgan fingerprint density at radius 2 is 2.06 bits per heavy atom. The van der Waals surface area contributed by atoms with Crippen molar-refractivity contribution < 1.29 is 19.4 Å². The Hall–Kier alpha value is -0.650. The van der Waals surface area contributed by atoms with Crippen LogP contribution in [0.25, 0.3) is 0 Å². The van der Waals surface area contributed by atoms with Gasteiger partial charge in [0.2, 0.25) is 5.91 Å². The number of rotatable bonds is 6. The number of aliphatic hydroxyl groups excluding tert-OH is 1. The number of hydrogen-bond acceptors (Lipinski definition) is 4. The minimum absolute atomic E-state index is 0.0347. The van der Waals surface area contributed by atoms with Crippen molar-refractivity contribution >= 4 is 5.91 Å². The topological polar surface area (TPSA) is 59.0 Å². The summed E-state index contributed by atoms with van der Waals surface area (Å²) in [7, 11) is 1.60. The fourth-order valence-corrected chi connectivity index (χ4v) is 1.76. The summed E-state index contributed by atoms with van der Waals surface area (Å²) in [5, 5.41) is 8.97. The summed E-state index contributed by atoms with van der Waals surface area (Å²) in [4.78, 5) is 13.5. The van der Waals surface area contributed by atoms with Crippen LogP contribution in [0.3, 0.4) is 0 Å². The third-order valence-corrected chi connectivity index (χ3v) is 2.88. The van der Waals surface area contributed by atoms with Crippen LogP contribution in [0, 0.1) is 5.92 Å². The van der Waals surface area contributed by atoms with Crippen LogP contribution in [-0.4, -0.2) is 62.5 Å². The lowest BCUT2D eigenvalue weighted by atomic mass is 9.98. The summed E-state index contributed by atoms with van der Waals surface area (Å²) in [6.07, 6.45) is 1.78. The SMILES string of the molecule is COCCOCC(=O)N1CCC(CO)CC1. The summed E-state index contributed by atoms with van der Waals surface area (Å²) < 4.78 is 10.00. The number of methoxy groups -OCH3 is 1. The molecule has 0 saturated carbocycles. The Morgan fingerprint density at radius 3 is 2.62 bits per heavy atom. The molecule has 1 aliphatic heterocycles. The number of likely N-dealkylation sites (tertiary alicyclic amines) is 1. The average molecular weight is 231 g/mol. The first-order valence-corrected chi connectivity index (χ1v) is 5.73. The van der Waals surface area contributed by atoms with Gasteiger partial charge in [-0.15, -0.1) is 0 Å². The van der Waals surface area contributed by atoms with Crippen molar-refractivity contribution in [2.45, 2.75) is 12.8 Å². The zero-order valence-electron chi connectivity index (χ0n) is 9.85. The highest BCUT2D eigenvalue weighted by atomic mass is 16.5. The van der Waals surface area contributed by atoms with Gasteiger partial charge in [0, 0.05) is 26.8 Å². The van der Waals surface area contributed by atoms with Crippen LogP contribution in [-0.2, 0) is 14.3 Å². The highest BCUT2D eigenvalue weighted by Crippen LogP contribution is 2.16. The zero-order valence-corrected chi connectivity index (χ0v) is 9.85. The van der Waals surface area contributed by atoms with E-state index < -0.39 is 0 Å². The van der Waals surface area contributed by atoms with Crippen LogP contribution in [0.4, 0.5) is 0 Å². The molecule has 0 atom stereocenters. The first-order chi connectivity index (χ1) is 7.77. The van der Waals surface area contributed by atoms with Crippen molar-refractivity contribution in [1.82, 2.24) is 4.90 Å². The van der Waals surface area contributed by atoms with E-state index in [0.717, 1.165) is 25.9 Å². The van der Waals surface area contributed by atoms with Crippen LogP contribution < -0.4 is 0 Å². The molecule has 1 amide bonds. The van der Waals surface area contributed by atoms with Crippen molar-refractivity contribution in [3.63, 3.8) is 0 Å². The number of aliphatic hydroxyl groups is 1. The molecule has 1 saturated heterocycles. The van der Waals surface area contributed by atoms with Crippen LogP contribution in [0.5, 0.6) is 0 Å². The molecule has 1 N–H and O–H groups in total. The molecule has 0 spiro atoms. The van der Waals surface area contributed by atoms with Crippen LogP contribution in [0.15, 0.2) is 0 Å². The monoisotopic (exact) mass is 231 g/mol. The van der Waals surface area contributed by atoms with Gasteiger partial charge in [0.1, 0.15) is 6.61 Å². The molecule has 0 aromatic rings. The maximum atomic E-state index is 11.7. The number of carbonyl (C=O) groups is 1. The van der Waals surface area contributed by atoms with E-state index in [9.17, 15) is 4.79 Å². The molecule has 0 aromatic heterocycles. The molecular formula is C11H21NO4. The van der Waals surface area contributed by atoms with Gasteiger partial charge in [0.15, 0.2) is 0 Å². The Morgan fingerprint density at radius 1 is 1.38 bits per heavy atom. The molecule has 0 aliphatic carbocycles. The zero-order chi connectivity index (χ0) is 11.8. The molecule has 1 aliphatic rings. The van der Waals surface area contributed by atoms with Gasteiger partial charge < -0.3 is 19.5 Å². The summed E-state index contributed by atoms with van der Waals surface area (Å²) in [5.41, 5.74) is 0. The molecule has 1 heterocycles. The molecule has 0 aromatic carbocycles. The first kappa shape index (κ1) is 13.4. The first-order valence-electron chi connectivity index (χ1n) is 5.73. The molecule has 1 fully saturated rings. The lowest BCUT2D eigenvalue weighted by Gasteiger charge is -2.31. The van der Waals surface area contributed by atoms with Gasteiger partial charge in [-0.05, 0) is 18.8 Å². The number of piperidine rings is 1. The summed E-state index contributed by atoms with van der Waals surface area (Å²) in [5.74, 6) is 0.394. The van der Waals surface area contributed by atoms with Crippen molar-refractivity contribution in [3.8, 4) is 0 Å². The second kappa shape index (κ2) is 7.60. The number of amides is 1. The maximum absolute atomic E-state index is 11.7. The third kappa shape index (κ3) is 4.47. The van der Waals surface area contributed by atoms with Crippen LogP contribution in [0.2, 0.25) is 0 Å². The Kier molecular flexibility index (Phi) is 6.37. The summed E-state index contributed by atoms with van der Waals surface area (Å²) >= 11 is 0. The van der Waals surface area contributed by atoms with E-state index in [-0.39, 0.29) is 19.1 Å². The van der Waals surface area contributed by atoms with Crippen molar-refractivity contribution in [1.29, 1.82) is 0 Å².